The summed E-state index contributed by atoms with van der Waals surface area (Å²) in [5.74, 6) is 0. The minimum atomic E-state index is 0.860. The third-order valence-electron chi connectivity index (χ3n) is 4.29. The molecule has 0 heterocycles. The molecule has 1 aromatic carbocycles. The van der Waals surface area contributed by atoms with E-state index in [1.54, 1.807) is 0 Å². The van der Waals surface area contributed by atoms with Crippen molar-refractivity contribution < 1.29 is 0 Å². The average molecular weight is 305 g/mol. The third kappa shape index (κ3) is 10.8. The maximum absolute atomic E-state index is 5.50. The Balaban J connectivity index is 1.85. The molecule has 0 unspecified atom stereocenters. The zero-order chi connectivity index (χ0) is 15.9. The molecular weight excluding hydrogens is 268 g/mol. The number of nitrogens with zero attached hydrogens (tertiary/aromatic N) is 1. The lowest BCUT2D eigenvalue weighted by molar-refractivity contribution is 0.316. The van der Waals surface area contributed by atoms with Gasteiger partial charge in [-0.3, -0.25) is 0 Å². The molecule has 22 heavy (non-hydrogen) atoms. The van der Waals surface area contributed by atoms with E-state index >= 15 is 0 Å². The summed E-state index contributed by atoms with van der Waals surface area (Å²) in [5.41, 5.74) is 6.91. The van der Waals surface area contributed by atoms with Crippen LogP contribution >= 0.6 is 0 Å². The Bertz CT molecular complexity index is 337. The lowest BCUT2D eigenvalue weighted by Crippen LogP contribution is -2.18. The summed E-state index contributed by atoms with van der Waals surface area (Å²) in [6.45, 7) is 3.15. The van der Waals surface area contributed by atoms with Crippen molar-refractivity contribution >= 4 is 0 Å². The van der Waals surface area contributed by atoms with Crippen LogP contribution in [0.5, 0.6) is 0 Å². The molecule has 0 aliphatic heterocycles. The van der Waals surface area contributed by atoms with Gasteiger partial charge in [0.15, 0.2) is 0 Å². The van der Waals surface area contributed by atoms with E-state index < -0.39 is 0 Å². The zero-order valence-electron chi connectivity index (χ0n) is 14.6. The van der Waals surface area contributed by atoms with Crippen molar-refractivity contribution in [2.75, 3.05) is 20.1 Å². The fourth-order valence-electron chi connectivity index (χ4n) is 2.91. The maximum Gasteiger partial charge on any atom is 0.0230 e. The monoisotopic (exact) mass is 304 g/mol. The van der Waals surface area contributed by atoms with Crippen LogP contribution in [0.1, 0.15) is 69.8 Å². The molecule has 0 fully saturated rings. The Morgan fingerprint density at radius 1 is 0.727 bits per heavy atom. The molecule has 2 N–H and O–H groups in total. The quantitative estimate of drug-likeness (QED) is 0.491. The van der Waals surface area contributed by atoms with Crippen LogP contribution in [0.3, 0.4) is 0 Å². The Labute approximate surface area is 138 Å². The van der Waals surface area contributed by atoms with Crippen LogP contribution in [0.2, 0.25) is 0 Å². The fourth-order valence-corrected chi connectivity index (χ4v) is 2.91. The van der Waals surface area contributed by atoms with Gasteiger partial charge < -0.3 is 10.6 Å². The van der Waals surface area contributed by atoms with Crippen LogP contribution in [0, 0.1) is 0 Å². The van der Waals surface area contributed by atoms with Crippen LogP contribution in [0.25, 0.3) is 0 Å². The molecule has 0 saturated heterocycles. The van der Waals surface area contributed by atoms with Crippen molar-refractivity contribution in [3.63, 3.8) is 0 Å². The first-order valence-corrected chi connectivity index (χ1v) is 9.25. The maximum atomic E-state index is 5.50. The molecule has 1 aromatic rings. The van der Waals surface area contributed by atoms with Gasteiger partial charge in [-0.05, 0) is 38.5 Å². The van der Waals surface area contributed by atoms with Gasteiger partial charge in [0, 0.05) is 6.54 Å². The van der Waals surface area contributed by atoms with E-state index in [0.29, 0.717) is 0 Å². The molecule has 0 atom stereocenters. The topological polar surface area (TPSA) is 29.3 Å². The second-order valence-electron chi connectivity index (χ2n) is 6.55. The lowest BCUT2D eigenvalue weighted by Gasteiger charge is -2.16. The number of hydrogen-bond donors (Lipinski definition) is 1. The predicted molar refractivity (Wildman–Crippen MR) is 98.0 cm³/mol. The van der Waals surface area contributed by atoms with Gasteiger partial charge in [-0.15, -0.1) is 0 Å². The first-order valence-electron chi connectivity index (χ1n) is 9.25. The van der Waals surface area contributed by atoms with E-state index in [9.17, 15) is 0 Å². The number of rotatable bonds is 14. The molecule has 0 aliphatic carbocycles. The highest BCUT2D eigenvalue weighted by Gasteiger charge is 1.99. The van der Waals surface area contributed by atoms with E-state index in [-0.39, 0.29) is 0 Å². The van der Waals surface area contributed by atoms with Crippen molar-refractivity contribution in [2.24, 2.45) is 5.73 Å². The SMILES string of the molecule is CN(CCCCCCCCCCCCN)Cc1ccccc1. The highest BCUT2D eigenvalue weighted by Crippen LogP contribution is 2.11. The van der Waals surface area contributed by atoms with Crippen molar-refractivity contribution in [3.8, 4) is 0 Å². The first-order chi connectivity index (χ1) is 10.8. The van der Waals surface area contributed by atoms with Crippen molar-refractivity contribution in [1.82, 2.24) is 4.90 Å². The molecule has 0 radical (unpaired) electrons. The van der Waals surface area contributed by atoms with Gasteiger partial charge in [-0.2, -0.15) is 0 Å². The largest absolute Gasteiger partial charge is 0.330 e. The van der Waals surface area contributed by atoms with E-state index in [2.05, 4.69) is 42.3 Å². The summed E-state index contributed by atoms with van der Waals surface area (Å²) < 4.78 is 0. The number of benzene rings is 1. The smallest absolute Gasteiger partial charge is 0.0230 e. The standard InChI is InChI=1S/C20H36N2/c1-22(19-20-15-11-10-12-16-20)18-14-9-7-5-3-2-4-6-8-13-17-21/h10-12,15-16H,2-9,13-14,17-19,21H2,1H3. The van der Waals surface area contributed by atoms with Gasteiger partial charge in [-0.1, -0.05) is 81.7 Å². The summed E-state index contributed by atoms with van der Waals surface area (Å²) in [7, 11) is 2.23. The zero-order valence-corrected chi connectivity index (χ0v) is 14.6. The van der Waals surface area contributed by atoms with Gasteiger partial charge in [0.05, 0.1) is 0 Å². The molecule has 1 rings (SSSR count). The Hall–Kier alpha value is -0.860. The molecule has 0 aliphatic rings. The molecule has 0 amide bonds. The molecule has 0 aromatic heterocycles. The van der Waals surface area contributed by atoms with Gasteiger partial charge >= 0.3 is 0 Å². The minimum Gasteiger partial charge on any atom is -0.330 e. The first kappa shape index (κ1) is 19.2. The molecule has 0 saturated carbocycles. The van der Waals surface area contributed by atoms with E-state index in [1.165, 1.54) is 76.3 Å². The summed E-state index contributed by atoms with van der Waals surface area (Å²) in [6.07, 6.45) is 13.7. The Morgan fingerprint density at radius 3 is 1.77 bits per heavy atom. The van der Waals surface area contributed by atoms with Crippen LogP contribution in [-0.2, 0) is 6.54 Å². The number of unbranched alkanes of at least 4 members (excludes halogenated alkanes) is 9. The van der Waals surface area contributed by atoms with Gasteiger partial charge in [-0.25, -0.2) is 0 Å². The summed E-state index contributed by atoms with van der Waals surface area (Å²) in [4.78, 5) is 2.44. The summed E-state index contributed by atoms with van der Waals surface area (Å²) in [5, 5.41) is 0. The molecule has 0 spiro atoms. The number of nitrogens with two attached hydrogens (primary N) is 1. The molecule has 0 bridgehead atoms. The van der Waals surface area contributed by atoms with Crippen LogP contribution in [-0.4, -0.2) is 25.0 Å². The highest BCUT2D eigenvalue weighted by molar-refractivity contribution is 5.14. The van der Waals surface area contributed by atoms with Gasteiger partial charge in [0.25, 0.3) is 0 Å². The summed E-state index contributed by atoms with van der Waals surface area (Å²) in [6, 6.07) is 10.8. The molecule has 2 heteroatoms. The normalized spacial score (nSPS) is 11.2. The lowest BCUT2D eigenvalue weighted by atomic mass is 10.1. The molecular formula is C20H36N2. The van der Waals surface area contributed by atoms with Crippen LogP contribution in [0.15, 0.2) is 30.3 Å². The Kier molecular flexibility index (Phi) is 12.0. The van der Waals surface area contributed by atoms with Gasteiger partial charge in [0.2, 0.25) is 0 Å². The number of hydrogen-bond acceptors (Lipinski definition) is 2. The third-order valence-corrected chi connectivity index (χ3v) is 4.29. The van der Waals surface area contributed by atoms with E-state index in [1.807, 2.05) is 0 Å². The minimum absolute atomic E-state index is 0.860. The van der Waals surface area contributed by atoms with E-state index in [0.717, 1.165) is 13.1 Å². The average Bonchev–Trinajstić information content (AvgIpc) is 2.53. The molecule has 2 nitrogen and oxygen atoms in total. The van der Waals surface area contributed by atoms with E-state index in [4.69, 9.17) is 5.73 Å². The van der Waals surface area contributed by atoms with Crippen LogP contribution < -0.4 is 5.73 Å². The van der Waals surface area contributed by atoms with Crippen LogP contribution in [0.4, 0.5) is 0 Å². The predicted octanol–water partition coefficient (Wildman–Crippen LogP) is 4.98. The van der Waals surface area contributed by atoms with Crippen molar-refractivity contribution in [3.05, 3.63) is 35.9 Å². The second-order valence-corrected chi connectivity index (χ2v) is 6.55. The highest BCUT2D eigenvalue weighted by atomic mass is 15.1. The van der Waals surface area contributed by atoms with Gasteiger partial charge in [0.1, 0.15) is 0 Å². The van der Waals surface area contributed by atoms with Crippen molar-refractivity contribution in [2.45, 2.75) is 70.8 Å². The molecule has 126 valence electrons. The summed E-state index contributed by atoms with van der Waals surface area (Å²) >= 11 is 0. The Morgan fingerprint density at radius 2 is 1.23 bits per heavy atom. The second kappa shape index (κ2) is 13.8. The fraction of sp³-hybridized carbons (Fsp3) is 0.700. The van der Waals surface area contributed by atoms with Crippen molar-refractivity contribution in [1.29, 1.82) is 0 Å².